The summed E-state index contributed by atoms with van der Waals surface area (Å²) in [6.07, 6.45) is 0. The molecule has 4 rings (SSSR count). The Labute approximate surface area is 174 Å². The summed E-state index contributed by atoms with van der Waals surface area (Å²) in [7, 11) is 4.83. The van der Waals surface area contributed by atoms with E-state index in [1.165, 1.54) is 0 Å². The third-order valence-corrected chi connectivity index (χ3v) is 5.21. The summed E-state index contributed by atoms with van der Waals surface area (Å²) in [5.74, 6) is 1.97. The minimum atomic E-state index is -0.138. The third kappa shape index (κ3) is 3.39. The van der Waals surface area contributed by atoms with Crippen molar-refractivity contribution >= 4 is 10.8 Å². The van der Waals surface area contributed by atoms with Crippen LogP contribution in [0.25, 0.3) is 33.2 Å². The van der Waals surface area contributed by atoms with Crippen molar-refractivity contribution in [1.82, 2.24) is 4.98 Å². The van der Waals surface area contributed by atoms with Crippen LogP contribution in [0.15, 0.2) is 65.5 Å². The van der Waals surface area contributed by atoms with Crippen LogP contribution in [0.1, 0.15) is 5.56 Å². The second-order valence-electron chi connectivity index (χ2n) is 7.05. The normalized spacial score (nSPS) is 10.8. The molecular formula is C25H23NO4. The van der Waals surface area contributed by atoms with E-state index in [-0.39, 0.29) is 5.56 Å². The lowest BCUT2D eigenvalue weighted by atomic mass is 9.93. The Morgan fingerprint density at radius 2 is 1.53 bits per heavy atom. The molecule has 0 aliphatic heterocycles. The molecule has 4 aromatic rings. The van der Waals surface area contributed by atoms with E-state index in [0.717, 1.165) is 33.4 Å². The number of fused-ring (bicyclic) bond motifs is 1. The summed E-state index contributed by atoms with van der Waals surface area (Å²) in [4.78, 5) is 16.0. The molecule has 0 amide bonds. The standard InChI is InChI=1S/C25H23NO4/c1-15-8-10-19-20(12-15)23(16-6-5-7-18(13-16)28-2)24(26-25(19)27)17-9-11-21(29-3)22(14-17)30-4/h5-14H,1-4H3,(H,26,27). The second kappa shape index (κ2) is 7.95. The number of aryl methyl sites for hydroxylation is 1. The zero-order valence-corrected chi connectivity index (χ0v) is 17.4. The number of methoxy groups -OCH3 is 3. The van der Waals surface area contributed by atoms with Crippen molar-refractivity contribution in [2.75, 3.05) is 21.3 Å². The number of hydrogen-bond donors (Lipinski definition) is 1. The topological polar surface area (TPSA) is 60.6 Å². The van der Waals surface area contributed by atoms with Gasteiger partial charge in [-0.25, -0.2) is 0 Å². The van der Waals surface area contributed by atoms with Gasteiger partial charge in [0, 0.05) is 16.5 Å². The Kier molecular flexibility index (Phi) is 5.19. The van der Waals surface area contributed by atoms with E-state index in [1.807, 2.05) is 67.6 Å². The Hall–Kier alpha value is -3.73. The van der Waals surface area contributed by atoms with Crippen LogP contribution in [-0.2, 0) is 0 Å². The number of rotatable bonds is 5. The lowest BCUT2D eigenvalue weighted by molar-refractivity contribution is 0.355. The number of H-pyrrole nitrogens is 1. The van der Waals surface area contributed by atoms with Crippen LogP contribution < -0.4 is 19.8 Å². The first kappa shape index (κ1) is 19.6. The van der Waals surface area contributed by atoms with Gasteiger partial charge in [-0.3, -0.25) is 4.79 Å². The van der Waals surface area contributed by atoms with Gasteiger partial charge >= 0.3 is 0 Å². The van der Waals surface area contributed by atoms with Crippen LogP contribution in [-0.4, -0.2) is 26.3 Å². The van der Waals surface area contributed by atoms with Gasteiger partial charge in [-0.2, -0.15) is 0 Å². The van der Waals surface area contributed by atoms with Gasteiger partial charge in [0.15, 0.2) is 11.5 Å². The zero-order chi connectivity index (χ0) is 21.3. The van der Waals surface area contributed by atoms with Crippen molar-refractivity contribution in [3.05, 3.63) is 76.6 Å². The number of ether oxygens (including phenoxy) is 3. The van der Waals surface area contributed by atoms with E-state index >= 15 is 0 Å². The van der Waals surface area contributed by atoms with Crippen molar-refractivity contribution in [2.24, 2.45) is 0 Å². The van der Waals surface area contributed by atoms with Crippen LogP contribution in [0.3, 0.4) is 0 Å². The predicted octanol–water partition coefficient (Wildman–Crippen LogP) is 5.20. The second-order valence-corrected chi connectivity index (χ2v) is 7.05. The average Bonchev–Trinajstić information content (AvgIpc) is 2.78. The van der Waals surface area contributed by atoms with Crippen molar-refractivity contribution in [3.8, 4) is 39.6 Å². The highest BCUT2D eigenvalue weighted by atomic mass is 16.5. The van der Waals surface area contributed by atoms with Gasteiger partial charge in [0.2, 0.25) is 0 Å². The number of pyridine rings is 1. The summed E-state index contributed by atoms with van der Waals surface area (Å²) in [6, 6.07) is 19.3. The van der Waals surface area contributed by atoms with E-state index in [1.54, 1.807) is 21.3 Å². The van der Waals surface area contributed by atoms with Gasteiger partial charge in [-0.05, 0) is 54.3 Å². The fraction of sp³-hybridized carbons (Fsp3) is 0.160. The SMILES string of the molecule is COc1cccc(-c2c(-c3ccc(OC)c(OC)c3)[nH]c(=O)c3ccc(C)cc23)c1. The fourth-order valence-electron chi connectivity index (χ4n) is 3.73. The molecule has 0 fully saturated rings. The maximum Gasteiger partial charge on any atom is 0.256 e. The van der Waals surface area contributed by atoms with Crippen molar-refractivity contribution in [2.45, 2.75) is 6.92 Å². The van der Waals surface area contributed by atoms with E-state index in [9.17, 15) is 4.79 Å². The van der Waals surface area contributed by atoms with Gasteiger partial charge in [0.05, 0.1) is 27.0 Å². The summed E-state index contributed by atoms with van der Waals surface area (Å²) >= 11 is 0. The first-order valence-electron chi connectivity index (χ1n) is 9.59. The van der Waals surface area contributed by atoms with Crippen molar-refractivity contribution < 1.29 is 14.2 Å². The molecule has 30 heavy (non-hydrogen) atoms. The van der Waals surface area contributed by atoms with Crippen LogP contribution >= 0.6 is 0 Å². The lowest BCUT2D eigenvalue weighted by Crippen LogP contribution is -2.09. The van der Waals surface area contributed by atoms with E-state index < -0.39 is 0 Å². The summed E-state index contributed by atoms with van der Waals surface area (Å²) in [6.45, 7) is 2.02. The number of nitrogens with one attached hydrogen (secondary N) is 1. The molecule has 1 aromatic heterocycles. The molecule has 0 saturated heterocycles. The Morgan fingerprint density at radius 3 is 2.27 bits per heavy atom. The minimum Gasteiger partial charge on any atom is -0.497 e. The number of benzene rings is 3. The quantitative estimate of drug-likeness (QED) is 0.500. The largest absolute Gasteiger partial charge is 0.497 e. The average molecular weight is 401 g/mol. The molecule has 1 heterocycles. The summed E-state index contributed by atoms with van der Waals surface area (Å²) < 4.78 is 16.3. The molecule has 0 bridgehead atoms. The van der Waals surface area contributed by atoms with Gasteiger partial charge in [0.25, 0.3) is 5.56 Å². The van der Waals surface area contributed by atoms with Crippen molar-refractivity contribution in [1.29, 1.82) is 0 Å². The van der Waals surface area contributed by atoms with Crippen LogP contribution in [0.2, 0.25) is 0 Å². The highest BCUT2D eigenvalue weighted by Crippen LogP contribution is 2.39. The first-order valence-corrected chi connectivity index (χ1v) is 9.59. The maximum atomic E-state index is 12.9. The van der Waals surface area contributed by atoms with Gasteiger partial charge < -0.3 is 19.2 Å². The van der Waals surface area contributed by atoms with E-state index in [0.29, 0.717) is 22.6 Å². The maximum absolute atomic E-state index is 12.9. The number of aromatic amines is 1. The van der Waals surface area contributed by atoms with Crippen molar-refractivity contribution in [3.63, 3.8) is 0 Å². The zero-order valence-electron chi connectivity index (χ0n) is 17.4. The minimum absolute atomic E-state index is 0.138. The predicted molar refractivity (Wildman–Crippen MR) is 120 cm³/mol. The molecule has 0 saturated carbocycles. The number of hydrogen-bond acceptors (Lipinski definition) is 4. The smallest absolute Gasteiger partial charge is 0.256 e. The van der Waals surface area contributed by atoms with Gasteiger partial charge in [-0.15, -0.1) is 0 Å². The van der Waals surface area contributed by atoms with E-state index in [4.69, 9.17) is 14.2 Å². The van der Waals surface area contributed by atoms with Gasteiger partial charge in [-0.1, -0.05) is 29.8 Å². The summed E-state index contributed by atoms with van der Waals surface area (Å²) in [5.41, 5.74) is 4.36. The molecule has 0 unspecified atom stereocenters. The molecule has 0 atom stereocenters. The molecule has 3 aromatic carbocycles. The Bertz CT molecular complexity index is 1290. The Morgan fingerprint density at radius 1 is 0.733 bits per heavy atom. The molecule has 5 nitrogen and oxygen atoms in total. The molecule has 0 radical (unpaired) electrons. The third-order valence-electron chi connectivity index (χ3n) is 5.21. The highest BCUT2D eigenvalue weighted by Gasteiger charge is 2.17. The monoisotopic (exact) mass is 401 g/mol. The highest BCUT2D eigenvalue weighted by molar-refractivity contribution is 6.02. The first-order chi connectivity index (χ1) is 14.5. The van der Waals surface area contributed by atoms with E-state index in [2.05, 4.69) is 4.98 Å². The fourth-order valence-corrected chi connectivity index (χ4v) is 3.73. The van der Waals surface area contributed by atoms with Crippen LogP contribution in [0.5, 0.6) is 17.2 Å². The molecule has 0 aliphatic rings. The van der Waals surface area contributed by atoms with Crippen LogP contribution in [0, 0.1) is 6.92 Å². The lowest BCUT2D eigenvalue weighted by Gasteiger charge is -2.16. The molecular weight excluding hydrogens is 378 g/mol. The van der Waals surface area contributed by atoms with Gasteiger partial charge in [0.1, 0.15) is 5.75 Å². The number of aromatic nitrogens is 1. The molecule has 152 valence electrons. The summed E-state index contributed by atoms with van der Waals surface area (Å²) in [5, 5.41) is 1.53. The van der Waals surface area contributed by atoms with Crippen LogP contribution in [0.4, 0.5) is 0 Å². The Balaban J connectivity index is 2.10. The molecule has 1 N–H and O–H groups in total. The molecule has 0 aliphatic carbocycles. The molecule has 0 spiro atoms. The molecule has 5 heteroatoms.